The van der Waals surface area contributed by atoms with E-state index >= 15 is 0 Å². The largest absolute Gasteiger partial charge is 0.494 e. The quantitative estimate of drug-likeness (QED) is 0.221. The van der Waals surface area contributed by atoms with E-state index in [0.717, 1.165) is 9.54 Å². The fourth-order valence-corrected chi connectivity index (χ4v) is 6.26. The molecule has 2 aromatic heterocycles. The van der Waals surface area contributed by atoms with Crippen molar-refractivity contribution < 1.29 is 22.7 Å². The Morgan fingerprint density at radius 3 is 2.31 bits per heavy atom. The highest BCUT2D eigenvalue weighted by Crippen LogP contribution is 2.34. The smallest absolute Gasteiger partial charge is 0.268 e. The van der Waals surface area contributed by atoms with Crippen molar-refractivity contribution in [3.63, 3.8) is 0 Å². The lowest BCUT2D eigenvalue weighted by Gasteiger charge is -2.13. The molecule has 6 aromatic rings. The van der Waals surface area contributed by atoms with E-state index in [-0.39, 0.29) is 22.0 Å². The Kier molecular flexibility index (Phi) is 6.75. The number of hydrogen-bond acceptors (Lipinski definition) is 7. The van der Waals surface area contributed by atoms with Crippen molar-refractivity contribution >= 4 is 32.5 Å². The van der Waals surface area contributed by atoms with Crippen LogP contribution in [0.25, 0.3) is 16.6 Å². The number of carbonyl (C=O) groups excluding carboxylic acids is 1. The summed E-state index contributed by atoms with van der Waals surface area (Å²) in [6.45, 7) is 1.87. The summed E-state index contributed by atoms with van der Waals surface area (Å²) in [5.41, 5.74) is 8.23. The van der Waals surface area contributed by atoms with E-state index < -0.39 is 15.8 Å². The summed E-state index contributed by atoms with van der Waals surface area (Å²) in [6.07, 6.45) is 1.33. The zero-order chi connectivity index (χ0) is 29.4. The van der Waals surface area contributed by atoms with Gasteiger partial charge in [0.1, 0.15) is 34.4 Å². The molecule has 210 valence electrons. The van der Waals surface area contributed by atoms with Crippen molar-refractivity contribution in [1.29, 1.82) is 0 Å². The van der Waals surface area contributed by atoms with Gasteiger partial charge in [0.2, 0.25) is 5.78 Å². The average molecular weight is 579 g/mol. The van der Waals surface area contributed by atoms with Crippen LogP contribution in [0.5, 0.6) is 17.2 Å². The molecular weight excluding hydrogens is 552 g/mol. The van der Waals surface area contributed by atoms with Crippen molar-refractivity contribution in [3.8, 4) is 22.9 Å². The van der Waals surface area contributed by atoms with Crippen LogP contribution in [0, 0.1) is 6.92 Å². The molecule has 2 N–H and O–H groups in total. The molecule has 0 amide bonds. The number of nitrogens with two attached hydrogens (primary N) is 1. The lowest BCUT2D eigenvalue weighted by atomic mass is 10.1. The fraction of sp³-hybridized carbons (Fsp3) is 0.0625. The molecule has 0 aliphatic carbocycles. The molecule has 6 rings (SSSR count). The average Bonchev–Trinajstić information content (AvgIpc) is 3.59. The Balaban J connectivity index is 1.41. The summed E-state index contributed by atoms with van der Waals surface area (Å²) in [7, 11) is -2.62. The van der Waals surface area contributed by atoms with Crippen molar-refractivity contribution in [3.05, 3.63) is 126 Å². The van der Waals surface area contributed by atoms with Gasteiger partial charge < -0.3 is 15.2 Å². The number of aryl methyl sites for hydroxylation is 1. The van der Waals surface area contributed by atoms with Crippen LogP contribution < -0.4 is 15.2 Å². The third-order valence-electron chi connectivity index (χ3n) is 6.87. The van der Waals surface area contributed by atoms with Crippen LogP contribution in [0.3, 0.4) is 0 Å². The van der Waals surface area contributed by atoms with Gasteiger partial charge in [-0.25, -0.2) is 17.1 Å². The number of methoxy groups -OCH3 is 1. The molecule has 4 aromatic carbocycles. The maximum atomic E-state index is 14.0. The molecule has 0 radical (unpaired) electrons. The van der Waals surface area contributed by atoms with Crippen LogP contribution >= 0.6 is 0 Å². The Labute approximate surface area is 242 Å². The minimum Gasteiger partial charge on any atom is -0.494 e. The number of aromatic nitrogens is 3. The molecular formula is C32H26N4O5S. The maximum Gasteiger partial charge on any atom is 0.268 e. The van der Waals surface area contributed by atoms with Gasteiger partial charge in [-0.15, -0.1) is 0 Å². The van der Waals surface area contributed by atoms with Crippen molar-refractivity contribution in [2.24, 2.45) is 0 Å². The van der Waals surface area contributed by atoms with E-state index in [1.54, 1.807) is 60.7 Å². The zero-order valence-corrected chi connectivity index (χ0v) is 23.6. The highest BCUT2D eigenvalue weighted by Gasteiger charge is 2.29. The van der Waals surface area contributed by atoms with E-state index in [0.29, 0.717) is 33.8 Å². The number of hydrogen-bond donors (Lipinski definition) is 1. The predicted octanol–water partition coefficient (Wildman–Crippen LogP) is 5.99. The molecule has 0 saturated carbocycles. The van der Waals surface area contributed by atoms with Crippen molar-refractivity contribution in [2.45, 2.75) is 11.8 Å². The van der Waals surface area contributed by atoms with Gasteiger partial charge >= 0.3 is 0 Å². The van der Waals surface area contributed by atoms with Gasteiger partial charge in [0.05, 0.1) is 29.3 Å². The summed E-state index contributed by atoms with van der Waals surface area (Å²) in [5.74, 6) is 1.05. The molecule has 0 aliphatic heterocycles. The van der Waals surface area contributed by atoms with Gasteiger partial charge in [0.25, 0.3) is 10.0 Å². The lowest BCUT2D eigenvalue weighted by Crippen LogP contribution is -2.19. The van der Waals surface area contributed by atoms with Gasteiger partial charge in [-0.3, -0.25) is 4.79 Å². The first kappa shape index (κ1) is 26.9. The van der Waals surface area contributed by atoms with Crippen LogP contribution in [-0.4, -0.2) is 35.1 Å². The van der Waals surface area contributed by atoms with Gasteiger partial charge in [0.15, 0.2) is 0 Å². The van der Waals surface area contributed by atoms with Crippen LogP contribution in [0.4, 0.5) is 5.82 Å². The second-order valence-corrected chi connectivity index (χ2v) is 11.4. The molecule has 42 heavy (non-hydrogen) atoms. The number of carbonyl (C=O) groups is 1. The monoisotopic (exact) mass is 578 g/mol. The Morgan fingerprint density at radius 1 is 0.857 bits per heavy atom. The number of benzene rings is 4. The van der Waals surface area contributed by atoms with E-state index in [1.807, 2.05) is 37.3 Å². The van der Waals surface area contributed by atoms with E-state index in [1.165, 1.54) is 30.1 Å². The fourth-order valence-electron chi connectivity index (χ4n) is 4.75. The number of ketones is 1. The topological polar surface area (TPSA) is 118 Å². The zero-order valence-electron chi connectivity index (χ0n) is 22.8. The molecule has 0 fully saturated rings. The van der Waals surface area contributed by atoms with Crippen LogP contribution in [0.1, 0.15) is 21.6 Å². The Hall–Kier alpha value is -5.35. The molecule has 10 heteroatoms. The van der Waals surface area contributed by atoms with Crippen molar-refractivity contribution in [1.82, 2.24) is 13.8 Å². The maximum absolute atomic E-state index is 14.0. The van der Waals surface area contributed by atoms with E-state index in [9.17, 15) is 13.2 Å². The highest BCUT2D eigenvalue weighted by molar-refractivity contribution is 7.90. The number of rotatable bonds is 8. The van der Waals surface area contributed by atoms with E-state index in [2.05, 4.69) is 5.10 Å². The number of fused-ring (bicyclic) bond motifs is 1. The molecule has 0 aliphatic rings. The highest BCUT2D eigenvalue weighted by atomic mass is 32.2. The minimum absolute atomic E-state index is 0.0274. The molecule has 0 bridgehead atoms. The van der Waals surface area contributed by atoms with Crippen molar-refractivity contribution in [2.75, 3.05) is 12.8 Å². The second-order valence-electron chi connectivity index (χ2n) is 9.60. The summed E-state index contributed by atoms with van der Waals surface area (Å²) in [5, 5.41) is 4.96. The van der Waals surface area contributed by atoms with E-state index in [4.69, 9.17) is 15.2 Å². The number of para-hydroxylation sites is 2. The molecule has 0 spiro atoms. The molecule has 0 unspecified atom stereocenters. The normalized spacial score (nSPS) is 11.5. The molecule has 2 heterocycles. The number of ether oxygens (including phenoxy) is 2. The Morgan fingerprint density at radius 2 is 1.57 bits per heavy atom. The summed E-state index contributed by atoms with van der Waals surface area (Å²) >= 11 is 0. The lowest BCUT2D eigenvalue weighted by molar-refractivity contribution is 0.103. The number of nitrogen functional groups attached to an aromatic ring is 1. The van der Waals surface area contributed by atoms with Gasteiger partial charge in [-0.1, -0.05) is 54.1 Å². The number of anilines is 1. The first-order chi connectivity index (χ1) is 20.3. The summed E-state index contributed by atoms with van der Waals surface area (Å²) < 4.78 is 41.7. The third kappa shape index (κ3) is 4.67. The summed E-state index contributed by atoms with van der Waals surface area (Å²) in [4.78, 5) is 14.0. The van der Waals surface area contributed by atoms with Crippen LogP contribution in [-0.2, 0) is 10.0 Å². The standard InChI is InChI=1S/C32H26N4O5S/c1-21-12-15-25(16-13-21)42(38,39)36-27-11-7-6-8-22(27)18-29(36)31(37)26-20-34-35(32(26)33)28-17-14-24(19-30(28)40-2)41-23-9-4-3-5-10-23/h3-20H,33H2,1-2H3. The predicted molar refractivity (Wildman–Crippen MR) is 160 cm³/mol. The van der Waals surface area contributed by atoms with Crippen LogP contribution in [0.15, 0.2) is 114 Å². The number of nitrogens with zero attached hydrogens (tertiary/aromatic N) is 3. The first-order valence-corrected chi connectivity index (χ1v) is 14.4. The third-order valence-corrected chi connectivity index (χ3v) is 8.61. The minimum atomic E-state index is -4.13. The van der Waals surface area contributed by atoms with Gasteiger partial charge in [-0.05, 0) is 55.5 Å². The SMILES string of the molecule is COc1cc(Oc2ccccc2)ccc1-n1ncc(C(=O)c2cc3ccccc3n2S(=O)(=O)c2ccc(C)cc2)c1N. The van der Waals surface area contributed by atoms with Gasteiger partial charge in [-0.2, -0.15) is 5.10 Å². The van der Waals surface area contributed by atoms with Gasteiger partial charge in [0, 0.05) is 11.5 Å². The van der Waals surface area contributed by atoms with Crippen LogP contribution in [0.2, 0.25) is 0 Å². The second kappa shape index (κ2) is 10.6. The molecule has 9 nitrogen and oxygen atoms in total. The Bertz CT molecular complexity index is 2050. The molecule has 0 saturated heterocycles. The molecule has 0 atom stereocenters. The summed E-state index contributed by atoms with van der Waals surface area (Å²) in [6, 6.07) is 29.4. The first-order valence-electron chi connectivity index (χ1n) is 13.0.